The van der Waals surface area contributed by atoms with Gasteiger partial charge in [-0.1, -0.05) is 27.5 Å². The van der Waals surface area contributed by atoms with Crippen LogP contribution < -0.4 is 5.32 Å². The maximum Gasteiger partial charge on any atom is 0.405 e. The number of carboxylic acid groups (broad SMARTS) is 1. The zero-order valence-electron chi connectivity index (χ0n) is 11.8. The molecule has 1 unspecified atom stereocenters. The van der Waals surface area contributed by atoms with Crippen molar-refractivity contribution in [3.8, 4) is 6.07 Å². The van der Waals surface area contributed by atoms with Crippen molar-refractivity contribution in [2.24, 2.45) is 0 Å². The summed E-state index contributed by atoms with van der Waals surface area (Å²) in [6.07, 6.45) is 0.0641. The number of hydrogen-bond donors (Lipinski definition) is 2. The van der Waals surface area contributed by atoms with Crippen LogP contribution in [0.3, 0.4) is 0 Å². The Morgan fingerprint density at radius 3 is 2.96 bits per heavy atom. The SMILES string of the molecule is CC(Cn1cc(Cl)nc1C#N)(NC(=O)O)c1cc(Br)ccc1F. The number of carbonyl (C=O) groups is 1. The maximum atomic E-state index is 14.2. The van der Waals surface area contributed by atoms with Crippen LogP contribution >= 0.6 is 27.5 Å². The number of amides is 1. The van der Waals surface area contributed by atoms with E-state index in [9.17, 15) is 9.18 Å². The zero-order valence-corrected chi connectivity index (χ0v) is 14.2. The lowest BCUT2D eigenvalue weighted by Crippen LogP contribution is -2.46. The van der Waals surface area contributed by atoms with E-state index < -0.39 is 17.4 Å². The molecule has 2 rings (SSSR count). The molecule has 9 heteroatoms. The number of halogens is 3. The van der Waals surface area contributed by atoms with Gasteiger partial charge in [0.1, 0.15) is 17.0 Å². The van der Waals surface area contributed by atoms with Crippen molar-refractivity contribution in [3.05, 3.63) is 51.2 Å². The van der Waals surface area contributed by atoms with Gasteiger partial charge in [0.15, 0.2) is 0 Å². The molecule has 0 aliphatic carbocycles. The van der Waals surface area contributed by atoms with E-state index in [2.05, 4.69) is 26.2 Å². The van der Waals surface area contributed by atoms with E-state index in [-0.39, 0.29) is 23.1 Å². The van der Waals surface area contributed by atoms with Gasteiger partial charge in [-0.25, -0.2) is 14.2 Å². The van der Waals surface area contributed by atoms with Gasteiger partial charge in [-0.3, -0.25) is 0 Å². The Labute approximate surface area is 144 Å². The number of aromatic nitrogens is 2. The van der Waals surface area contributed by atoms with E-state index in [4.69, 9.17) is 22.0 Å². The first kappa shape index (κ1) is 17.2. The Morgan fingerprint density at radius 1 is 1.65 bits per heavy atom. The molecule has 0 saturated carbocycles. The predicted molar refractivity (Wildman–Crippen MR) is 84.6 cm³/mol. The van der Waals surface area contributed by atoms with Gasteiger partial charge >= 0.3 is 6.09 Å². The summed E-state index contributed by atoms with van der Waals surface area (Å²) < 4.78 is 16.2. The quantitative estimate of drug-likeness (QED) is 0.820. The van der Waals surface area contributed by atoms with Crippen LogP contribution in [0.15, 0.2) is 28.9 Å². The smallest absolute Gasteiger partial charge is 0.405 e. The molecule has 1 atom stereocenters. The van der Waals surface area contributed by atoms with Crippen molar-refractivity contribution in [2.75, 3.05) is 0 Å². The summed E-state index contributed by atoms with van der Waals surface area (Å²) in [6.45, 7) is 1.45. The molecule has 0 saturated heterocycles. The molecule has 0 spiro atoms. The van der Waals surface area contributed by atoms with Crippen LogP contribution in [0.1, 0.15) is 18.3 Å². The first-order chi connectivity index (χ1) is 10.7. The minimum atomic E-state index is -1.34. The van der Waals surface area contributed by atoms with Gasteiger partial charge in [0.25, 0.3) is 0 Å². The molecule has 1 heterocycles. The molecule has 0 bridgehead atoms. The standard InChI is InChI=1S/C14H11BrClFN4O2/c1-14(20-13(22)23,9-4-8(15)2-3-10(9)17)7-21-6-11(16)19-12(21)5-18/h2-4,6,20H,7H2,1H3,(H,22,23). The van der Waals surface area contributed by atoms with E-state index in [1.165, 1.54) is 35.9 Å². The van der Waals surface area contributed by atoms with E-state index >= 15 is 0 Å². The number of hydrogen-bond acceptors (Lipinski definition) is 3. The van der Waals surface area contributed by atoms with Crippen LogP contribution in [0.2, 0.25) is 5.15 Å². The van der Waals surface area contributed by atoms with Gasteiger partial charge in [-0.15, -0.1) is 0 Å². The van der Waals surface area contributed by atoms with Crippen LogP contribution in [0.25, 0.3) is 0 Å². The van der Waals surface area contributed by atoms with Crippen LogP contribution in [-0.2, 0) is 12.1 Å². The first-order valence-electron chi connectivity index (χ1n) is 6.34. The Bertz CT molecular complexity index is 805. The van der Waals surface area contributed by atoms with Crippen molar-refractivity contribution in [1.29, 1.82) is 5.26 Å². The molecule has 6 nitrogen and oxygen atoms in total. The van der Waals surface area contributed by atoms with Gasteiger partial charge in [-0.2, -0.15) is 5.26 Å². The Hall–Kier alpha value is -2.11. The average molecular weight is 402 g/mol. The average Bonchev–Trinajstić information content (AvgIpc) is 2.80. The minimum absolute atomic E-state index is 0.00354. The van der Waals surface area contributed by atoms with Crippen LogP contribution in [-0.4, -0.2) is 20.8 Å². The zero-order chi connectivity index (χ0) is 17.2. The topological polar surface area (TPSA) is 90.9 Å². The van der Waals surface area contributed by atoms with Crippen molar-refractivity contribution in [3.63, 3.8) is 0 Å². The highest BCUT2D eigenvalue weighted by atomic mass is 79.9. The van der Waals surface area contributed by atoms with Gasteiger partial charge in [0, 0.05) is 16.2 Å². The summed E-state index contributed by atoms with van der Waals surface area (Å²) in [4.78, 5) is 15.0. The van der Waals surface area contributed by atoms with Crippen molar-refractivity contribution < 1.29 is 14.3 Å². The lowest BCUT2D eigenvalue weighted by molar-refractivity contribution is 0.174. The second-order valence-electron chi connectivity index (χ2n) is 5.01. The normalized spacial score (nSPS) is 13.2. The fraction of sp³-hybridized carbons (Fsp3) is 0.214. The molecule has 0 fully saturated rings. The second-order valence-corrected chi connectivity index (χ2v) is 6.32. The van der Waals surface area contributed by atoms with Crippen LogP contribution in [0, 0.1) is 17.1 Å². The third-order valence-corrected chi connectivity index (χ3v) is 3.91. The molecule has 1 aromatic heterocycles. The first-order valence-corrected chi connectivity index (χ1v) is 7.51. The fourth-order valence-corrected chi connectivity index (χ4v) is 2.84. The summed E-state index contributed by atoms with van der Waals surface area (Å²) >= 11 is 9.02. The maximum absolute atomic E-state index is 14.2. The highest BCUT2D eigenvalue weighted by Gasteiger charge is 2.33. The molecule has 1 amide bonds. The lowest BCUT2D eigenvalue weighted by Gasteiger charge is -2.31. The number of nitrogens with one attached hydrogen (secondary N) is 1. The summed E-state index contributed by atoms with van der Waals surface area (Å²) in [5, 5.41) is 20.6. The molecule has 2 N–H and O–H groups in total. The highest BCUT2D eigenvalue weighted by molar-refractivity contribution is 9.10. The molecular weight excluding hydrogens is 391 g/mol. The third-order valence-electron chi connectivity index (χ3n) is 3.24. The molecular formula is C14H11BrClFN4O2. The number of nitrogens with zero attached hydrogens (tertiary/aromatic N) is 3. The third kappa shape index (κ3) is 3.81. The predicted octanol–water partition coefficient (Wildman–Crippen LogP) is 3.49. The van der Waals surface area contributed by atoms with E-state index in [1.807, 2.05) is 6.07 Å². The Kier molecular flexibility index (Phi) is 4.92. The van der Waals surface area contributed by atoms with E-state index in [0.717, 1.165) is 0 Å². The molecule has 0 aliphatic rings. The van der Waals surface area contributed by atoms with Crippen molar-refractivity contribution in [1.82, 2.24) is 14.9 Å². The second kappa shape index (κ2) is 6.56. The number of rotatable bonds is 4. The van der Waals surface area contributed by atoms with E-state index in [0.29, 0.717) is 4.47 Å². The molecule has 2 aromatic rings. The summed E-state index contributed by atoms with van der Waals surface area (Å²) in [5.41, 5.74) is -1.21. The van der Waals surface area contributed by atoms with Gasteiger partial charge in [0.05, 0.1) is 12.1 Å². The number of imidazole rings is 1. The monoisotopic (exact) mass is 400 g/mol. The van der Waals surface area contributed by atoms with E-state index in [1.54, 1.807) is 0 Å². The Balaban J connectivity index is 2.53. The summed E-state index contributed by atoms with van der Waals surface area (Å²) in [7, 11) is 0. The number of benzene rings is 1. The molecule has 0 aliphatic heterocycles. The molecule has 1 aromatic carbocycles. The van der Waals surface area contributed by atoms with Gasteiger partial charge < -0.3 is 15.0 Å². The lowest BCUT2D eigenvalue weighted by atomic mass is 9.91. The van der Waals surface area contributed by atoms with Crippen molar-refractivity contribution >= 4 is 33.6 Å². The van der Waals surface area contributed by atoms with Gasteiger partial charge in [-0.05, 0) is 25.1 Å². The molecule has 0 radical (unpaired) electrons. The van der Waals surface area contributed by atoms with Crippen LogP contribution in [0.5, 0.6) is 0 Å². The number of nitriles is 1. The fourth-order valence-electron chi connectivity index (χ4n) is 2.28. The highest BCUT2D eigenvalue weighted by Crippen LogP contribution is 2.29. The molecule has 120 valence electrons. The van der Waals surface area contributed by atoms with Crippen molar-refractivity contribution in [2.45, 2.75) is 19.0 Å². The largest absolute Gasteiger partial charge is 0.465 e. The summed E-state index contributed by atoms with van der Waals surface area (Å²) in [6, 6.07) is 6.08. The Morgan fingerprint density at radius 2 is 2.35 bits per heavy atom. The molecule has 23 heavy (non-hydrogen) atoms. The van der Waals surface area contributed by atoms with Gasteiger partial charge in [0.2, 0.25) is 5.82 Å². The minimum Gasteiger partial charge on any atom is -0.465 e. The van der Waals surface area contributed by atoms with Crippen LogP contribution in [0.4, 0.5) is 9.18 Å². The summed E-state index contributed by atoms with van der Waals surface area (Å²) in [5.74, 6) is -0.571.